The summed E-state index contributed by atoms with van der Waals surface area (Å²) in [5.74, 6) is 0.851. The maximum atomic E-state index is 12.8. The van der Waals surface area contributed by atoms with E-state index < -0.39 is 31.7 Å². The van der Waals surface area contributed by atoms with Crippen LogP contribution < -0.4 is 14.2 Å². The summed E-state index contributed by atoms with van der Waals surface area (Å²) < 4.78 is 75.9. The van der Waals surface area contributed by atoms with Gasteiger partial charge in [0, 0.05) is 11.3 Å². The van der Waals surface area contributed by atoms with Gasteiger partial charge in [-0.3, -0.25) is 4.72 Å². The zero-order valence-corrected chi connectivity index (χ0v) is 17.6. The van der Waals surface area contributed by atoms with Crippen LogP contribution in [0.15, 0.2) is 53.4 Å². The highest BCUT2D eigenvalue weighted by Gasteiger charge is 2.32. The van der Waals surface area contributed by atoms with E-state index in [0.717, 1.165) is 6.07 Å². The first-order chi connectivity index (χ1) is 14.5. The molecule has 164 valence electrons. The van der Waals surface area contributed by atoms with Gasteiger partial charge < -0.3 is 9.47 Å². The van der Waals surface area contributed by atoms with Crippen molar-refractivity contribution in [2.24, 2.45) is 0 Å². The lowest BCUT2D eigenvalue weighted by molar-refractivity contribution is -0.137. The fourth-order valence-electron chi connectivity index (χ4n) is 2.53. The molecule has 1 aromatic heterocycles. The van der Waals surface area contributed by atoms with Crippen LogP contribution in [0.5, 0.6) is 11.8 Å². The number of nitrogens with zero attached hydrogens (tertiary/aromatic N) is 2. The Morgan fingerprint density at radius 1 is 0.935 bits per heavy atom. The summed E-state index contributed by atoms with van der Waals surface area (Å²) in [6, 6.07) is 9.52. The van der Waals surface area contributed by atoms with Crippen LogP contribution >= 0.6 is 11.6 Å². The van der Waals surface area contributed by atoms with Gasteiger partial charge in [0.25, 0.3) is 10.0 Å². The normalized spacial score (nSPS) is 11.8. The van der Waals surface area contributed by atoms with Crippen molar-refractivity contribution in [1.82, 2.24) is 9.97 Å². The van der Waals surface area contributed by atoms with E-state index in [1.165, 1.54) is 32.4 Å². The molecule has 0 atom stereocenters. The number of halogens is 4. The quantitative estimate of drug-likeness (QED) is 0.561. The van der Waals surface area contributed by atoms with Gasteiger partial charge >= 0.3 is 6.18 Å². The van der Waals surface area contributed by atoms with Gasteiger partial charge in [-0.2, -0.15) is 23.1 Å². The van der Waals surface area contributed by atoms with Gasteiger partial charge in [0.1, 0.15) is 4.90 Å². The van der Waals surface area contributed by atoms with Crippen molar-refractivity contribution in [3.8, 4) is 23.1 Å². The Morgan fingerprint density at radius 3 is 2.00 bits per heavy atom. The Morgan fingerprint density at radius 2 is 1.52 bits per heavy atom. The molecule has 7 nitrogen and oxygen atoms in total. The minimum Gasteiger partial charge on any atom is -0.481 e. The number of anilines is 1. The van der Waals surface area contributed by atoms with Gasteiger partial charge in [-0.05, 0) is 42.5 Å². The molecule has 0 fully saturated rings. The molecule has 0 amide bonds. The highest BCUT2D eigenvalue weighted by molar-refractivity contribution is 7.92. The third-order valence-corrected chi connectivity index (χ3v) is 5.91. The van der Waals surface area contributed by atoms with Crippen molar-refractivity contribution in [2.45, 2.75) is 11.1 Å². The zero-order chi connectivity index (χ0) is 22.8. The van der Waals surface area contributed by atoms with E-state index in [0.29, 0.717) is 17.7 Å². The molecule has 0 aliphatic carbocycles. The minimum absolute atomic E-state index is 0.162. The second kappa shape index (κ2) is 8.60. The minimum atomic E-state index is -4.64. The Labute approximate surface area is 180 Å². The fourth-order valence-corrected chi connectivity index (χ4v) is 4.14. The molecule has 3 rings (SSSR count). The van der Waals surface area contributed by atoms with Crippen LogP contribution in [-0.4, -0.2) is 32.6 Å². The van der Waals surface area contributed by atoms with Crippen LogP contribution in [0, 0.1) is 0 Å². The largest absolute Gasteiger partial charge is 0.481 e. The van der Waals surface area contributed by atoms with E-state index in [-0.39, 0.29) is 23.3 Å². The van der Waals surface area contributed by atoms with Crippen molar-refractivity contribution in [3.63, 3.8) is 0 Å². The van der Waals surface area contributed by atoms with E-state index in [4.69, 9.17) is 21.1 Å². The van der Waals surface area contributed by atoms with Crippen LogP contribution in [0.2, 0.25) is 5.02 Å². The number of sulfonamides is 1. The first kappa shape index (κ1) is 22.6. The molecule has 3 aromatic rings. The number of nitrogens with one attached hydrogen (secondary N) is 1. The summed E-state index contributed by atoms with van der Waals surface area (Å²) in [5, 5.41) is -0.546. The van der Waals surface area contributed by atoms with Crippen molar-refractivity contribution in [2.75, 3.05) is 18.9 Å². The average Bonchev–Trinajstić information content (AvgIpc) is 2.72. The van der Waals surface area contributed by atoms with Gasteiger partial charge in [0.15, 0.2) is 5.82 Å². The summed E-state index contributed by atoms with van der Waals surface area (Å²) in [4.78, 5) is 7.92. The first-order valence-corrected chi connectivity index (χ1v) is 10.4. The molecule has 0 saturated heterocycles. The smallest absolute Gasteiger partial charge is 0.416 e. The number of rotatable bonds is 6. The number of ether oxygens (including phenoxy) is 2. The summed E-state index contributed by atoms with van der Waals surface area (Å²) in [5.41, 5.74) is -0.336. The molecule has 0 saturated carbocycles. The molecule has 0 aliphatic heterocycles. The molecule has 0 bridgehead atoms. The van der Waals surface area contributed by atoms with Crippen LogP contribution in [0.25, 0.3) is 11.4 Å². The highest BCUT2D eigenvalue weighted by atomic mass is 35.5. The van der Waals surface area contributed by atoms with Crippen LogP contribution in [0.4, 0.5) is 18.9 Å². The number of hydrogen-bond acceptors (Lipinski definition) is 6. The summed E-state index contributed by atoms with van der Waals surface area (Å²) in [6.07, 6.45) is -4.64. The SMILES string of the molecule is COc1cc(OC)nc(-c2ccc(NS(=O)(=O)c3ccc(C(F)(F)F)cc3Cl)cc2)n1. The predicted molar refractivity (Wildman–Crippen MR) is 108 cm³/mol. The average molecular weight is 474 g/mol. The standard InChI is InChI=1S/C19H15ClF3N3O4S/c1-29-16-10-17(30-2)25-18(24-16)11-3-6-13(7-4-11)26-31(27,28)15-8-5-12(9-14(15)20)19(21,22)23/h3-10,26H,1-2H3. The molecule has 0 spiro atoms. The fraction of sp³-hybridized carbons (Fsp3) is 0.158. The maximum absolute atomic E-state index is 12.8. The van der Waals surface area contributed by atoms with E-state index in [9.17, 15) is 21.6 Å². The first-order valence-electron chi connectivity index (χ1n) is 8.50. The highest BCUT2D eigenvalue weighted by Crippen LogP contribution is 2.34. The summed E-state index contributed by atoms with van der Waals surface area (Å²) >= 11 is 5.79. The lowest BCUT2D eigenvalue weighted by atomic mass is 10.2. The van der Waals surface area contributed by atoms with E-state index >= 15 is 0 Å². The van der Waals surface area contributed by atoms with Crippen molar-refractivity contribution < 1.29 is 31.1 Å². The molecule has 1 N–H and O–H groups in total. The van der Waals surface area contributed by atoms with Gasteiger partial charge in [-0.1, -0.05) is 11.6 Å². The van der Waals surface area contributed by atoms with Crippen molar-refractivity contribution in [1.29, 1.82) is 0 Å². The molecular weight excluding hydrogens is 459 g/mol. The molecule has 0 radical (unpaired) electrons. The Balaban J connectivity index is 1.86. The number of aromatic nitrogens is 2. The molecule has 0 aliphatic rings. The third kappa shape index (κ3) is 5.17. The zero-order valence-electron chi connectivity index (χ0n) is 16.1. The summed E-state index contributed by atoms with van der Waals surface area (Å²) in [6.45, 7) is 0. The van der Waals surface area contributed by atoms with E-state index in [1.54, 1.807) is 12.1 Å². The second-order valence-electron chi connectivity index (χ2n) is 6.10. The number of alkyl halides is 3. The molecule has 0 unspecified atom stereocenters. The van der Waals surface area contributed by atoms with Crippen LogP contribution in [-0.2, 0) is 16.2 Å². The van der Waals surface area contributed by atoms with Crippen molar-refractivity contribution in [3.05, 3.63) is 59.1 Å². The maximum Gasteiger partial charge on any atom is 0.416 e. The van der Waals surface area contributed by atoms with Gasteiger partial charge in [-0.25, -0.2) is 8.42 Å². The Bertz CT molecular complexity index is 1180. The molecular formula is C19H15ClF3N3O4S. The monoisotopic (exact) mass is 473 g/mol. The Hall–Kier alpha value is -3.05. The molecule has 2 aromatic carbocycles. The lowest BCUT2D eigenvalue weighted by Gasteiger charge is -2.12. The van der Waals surface area contributed by atoms with E-state index in [1.807, 2.05) is 0 Å². The third-order valence-electron chi connectivity index (χ3n) is 4.04. The van der Waals surface area contributed by atoms with E-state index in [2.05, 4.69) is 14.7 Å². The van der Waals surface area contributed by atoms with Gasteiger partial charge in [0.2, 0.25) is 11.8 Å². The number of hydrogen-bond donors (Lipinski definition) is 1. The second-order valence-corrected chi connectivity index (χ2v) is 8.16. The molecule has 1 heterocycles. The molecule has 31 heavy (non-hydrogen) atoms. The lowest BCUT2D eigenvalue weighted by Crippen LogP contribution is -2.14. The number of benzene rings is 2. The predicted octanol–water partition coefficient (Wildman–Crippen LogP) is 4.63. The number of methoxy groups -OCH3 is 2. The van der Waals surface area contributed by atoms with Gasteiger partial charge in [-0.15, -0.1) is 0 Å². The molecule has 12 heteroatoms. The van der Waals surface area contributed by atoms with Crippen LogP contribution in [0.3, 0.4) is 0 Å². The Kier molecular flexibility index (Phi) is 6.27. The van der Waals surface area contributed by atoms with Crippen LogP contribution in [0.1, 0.15) is 5.56 Å². The van der Waals surface area contributed by atoms with Gasteiger partial charge in [0.05, 0.1) is 30.9 Å². The summed E-state index contributed by atoms with van der Waals surface area (Å²) in [7, 11) is -1.35. The topological polar surface area (TPSA) is 90.4 Å². The van der Waals surface area contributed by atoms with Crippen molar-refractivity contribution >= 4 is 27.3 Å².